The first-order valence-corrected chi connectivity index (χ1v) is 7.53. The van der Waals surface area contributed by atoms with E-state index in [4.69, 9.17) is 4.74 Å². The quantitative estimate of drug-likeness (QED) is 0.810. The largest absolute Gasteiger partial charge is 0.476 e. The zero-order valence-corrected chi connectivity index (χ0v) is 12.8. The van der Waals surface area contributed by atoms with Crippen molar-refractivity contribution in [3.63, 3.8) is 0 Å². The van der Waals surface area contributed by atoms with E-state index in [1.54, 1.807) is 0 Å². The first-order valence-electron chi connectivity index (χ1n) is 7.53. The average Bonchev–Trinajstić information content (AvgIpc) is 2.51. The Hall–Kier alpha value is -1.83. The molecule has 0 saturated carbocycles. The maximum Gasteiger partial charge on any atom is 0.417 e. The second-order valence-corrected chi connectivity index (χ2v) is 5.60. The topological polar surface area (TPSA) is 63.2 Å². The summed E-state index contributed by atoms with van der Waals surface area (Å²) in [4.78, 5) is 15.6. The van der Waals surface area contributed by atoms with Crippen LogP contribution in [0.25, 0.3) is 0 Å². The number of halogens is 3. The summed E-state index contributed by atoms with van der Waals surface area (Å²) >= 11 is 0. The number of aromatic nitrogens is 1. The van der Waals surface area contributed by atoms with Crippen LogP contribution < -0.4 is 15.4 Å². The highest BCUT2D eigenvalue weighted by molar-refractivity contribution is 5.78. The number of nitrogens with one attached hydrogen (secondary N) is 2. The fraction of sp³-hybridized carbons (Fsp3) is 0.600. The smallest absolute Gasteiger partial charge is 0.417 e. The normalized spacial score (nSPS) is 21.7. The molecule has 0 aromatic carbocycles. The lowest BCUT2D eigenvalue weighted by atomic mass is 9.92. The lowest BCUT2D eigenvalue weighted by Gasteiger charge is -2.27. The summed E-state index contributed by atoms with van der Waals surface area (Å²) in [6.07, 6.45) is -2.08. The first-order chi connectivity index (χ1) is 10.9. The molecule has 1 saturated heterocycles. The monoisotopic (exact) mass is 331 g/mol. The molecule has 0 aliphatic carbocycles. The number of hydrogen-bond acceptors (Lipinski definition) is 4. The summed E-state index contributed by atoms with van der Waals surface area (Å²) in [6, 6.07) is 2.41. The molecular weight excluding hydrogens is 311 g/mol. The number of amides is 1. The number of rotatable bonds is 5. The average molecular weight is 331 g/mol. The molecule has 1 aliphatic rings. The van der Waals surface area contributed by atoms with Crippen molar-refractivity contribution in [3.05, 3.63) is 23.9 Å². The van der Waals surface area contributed by atoms with Gasteiger partial charge >= 0.3 is 6.18 Å². The van der Waals surface area contributed by atoms with Gasteiger partial charge in [0.15, 0.2) is 0 Å². The van der Waals surface area contributed by atoms with Gasteiger partial charge in [0.1, 0.15) is 6.61 Å². The van der Waals surface area contributed by atoms with Gasteiger partial charge in [0.05, 0.1) is 12.1 Å². The van der Waals surface area contributed by atoms with Crippen molar-refractivity contribution in [1.29, 1.82) is 0 Å². The van der Waals surface area contributed by atoms with Crippen molar-refractivity contribution in [3.8, 4) is 5.88 Å². The van der Waals surface area contributed by atoms with E-state index in [2.05, 4.69) is 15.6 Å². The van der Waals surface area contributed by atoms with Crippen LogP contribution in [-0.4, -0.2) is 36.6 Å². The number of piperidine rings is 1. The molecule has 0 spiro atoms. The predicted molar refractivity (Wildman–Crippen MR) is 77.9 cm³/mol. The van der Waals surface area contributed by atoms with Crippen LogP contribution >= 0.6 is 0 Å². The van der Waals surface area contributed by atoms with Gasteiger partial charge in [0.2, 0.25) is 11.8 Å². The van der Waals surface area contributed by atoms with Crippen LogP contribution in [0.15, 0.2) is 18.3 Å². The van der Waals surface area contributed by atoms with E-state index in [0.717, 1.165) is 31.6 Å². The minimum Gasteiger partial charge on any atom is -0.476 e. The SMILES string of the molecule is C[C@H]1C[C@@H](C(=O)NCCOc2ccc(C(F)(F)F)cn2)CCN1. The fourth-order valence-electron chi connectivity index (χ4n) is 2.48. The second kappa shape index (κ2) is 7.63. The summed E-state index contributed by atoms with van der Waals surface area (Å²) in [5.41, 5.74) is -0.821. The number of carbonyl (C=O) groups excluding carboxylic acids is 1. The Morgan fingerprint density at radius 3 is 2.87 bits per heavy atom. The summed E-state index contributed by atoms with van der Waals surface area (Å²) in [7, 11) is 0. The van der Waals surface area contributed by atoms with Crippen molar-refractivity contribution in [2.24, 2.45) is 5.92 Å². The lowest BCUT2D eigenvalue weighted by Crippen LogP contribution is -2.43. The van der Waals surface area contributed by atoms with Crippen LogP contribution in [-0.2, 0) is 11.0 Å². The number of nitrogens with zero attached hydrogens (tertiary/aromatic N) is 1. The van der Waals surface area contributed by atoms with Crippen molar-refractivity contribution < 1.29 is 22.7 Å². The zero-order chi connectivity index (χ0) is 16.9. The van der Waals surface area contributed by atoms with Crippen LogP contribution in [0.3, 0.4) is 0 Å². The summed E-state index contributed by atoms with van der Waals surface area (Å²) in [5.74, 6) is 0.0838. The minimum atomic E-state index is -4.41. The van der Waals surface area contributed by atoms with Crippen LogP contribution in [0.2, 0.25) is 0 Å². The Morgan fingerprint density at radius 1 is 1.48 bits per heavy atom. The molecule has 128 valence electrons. The van der Waals surface area contributed by atoms with E-state index >= 15 is 0 Å². The maximum absolute atomic E-state index is 12.4. The number of alkyl halides is 3. The Kier molecular flexibility index (Phi) is 5.81. The number of ether oxygens (including phenoxy) is 1. The van der Waals surface area contributed by atoms with Gasteiger partial charge in [0.25, 0.3) is 0 Å². The minimum absolute atomic E-state index is 0.00422. The fourth-order valence-corrected chi connectivity index (χ4v) is 2.48. The molecule has 2 rings (SSSR count). The molecule has 0 bridgehead atoms. The van der Waals surface area contributed by atoms with Gasteiger partial charge in [-0.3, -0.25) is 4.79 Å². The van der Waals surface area contributed by atoms with Gasteiger partial charge in [-0.15, -0.1) is 0 Å². The summed E-state index contributed by atoms with van der Waals surface area (Å²) in [5, 5.41) is 6.06. The lowest BCUT2D eigenvalue weighted by molar-refractivity contribution is -0.137. The molecule has 1 aromatic rings. The molecule has 1 aromatic heterocycles. The molecule has 1 amide bonds. The number of carbonyl (C=O) groups is 1. The molecular formula is C15H20F3N3O2. The van der Waals surface area contributed by atoms with E-state index < -0.39 is 11.7 Å². The van der Waals surface area contributed by atoms with Crippen LogP contribution in [0.1, 0.15) is 25.3 Å². The molecule has 2 atom stereocenters. The highest BCUT2D eigenvalue weighted by Gasteiger charge is 2.30. The highest BCUT2D eigenvalue weighted by atomic mass is 19.4. The Labute approximate surface area is 132 Å². The predicted octanol–water partition coefficient (Wildman–Crippen LogP) is 1.98. The van der Waals surface area contributed by atoms with E-state index in [-0.39, 0.29) is 24.3 Å². The number of hydrogen-bond donors (Lipinski definition) is 2. The van der Waals surface area contributed by atoms with E-state index in [0.29, 0.717) is 12.6 Å². The van der Waals surface area contributed by atoms with Gasteiger partial charge in [-0.25, -0.2) is 4.98 Å². The standard InChI is InChI=1S/C15H20F3N3O2/c1-10-8-11(4-5-19-10)14(22)20-6-7-23-13-3-2-12(9-21-13)15(16,17)18/h2-3,9-11,19H,4-8H2,1H3,(H,20,22)/t10-,11-/m0/s1. The first kappa shape index (κ1) is 17.5. The molecule has 1 aliphatic heterocycles. The molecule has 23 heavy (non-hydrogen) atoms. The van der Waals surface area contributed by atoms with Gasteiger partial charge in [-0.2, -0.15) is 13.2 Å². The molecule has 5 nitrogen and oxygen atoms in total. The van der Waals surface area contributed by atoms with Crippen molar-refractivity contribution in [2.75, 3.05) is 19.7 Å². The summed E-state index contributed by atoms with van der Waals surface area (Å²) in [6.45, 7) is 3.31. The second-order valence-electron chi connectivity index (χ2n) is 5.60. The Morgan fingerprint density at radius 2 is 2.26 bits per heavy atom. The molecule has 2 N–H and O–H groups in total. The third kappa shape index (κ3) is 5.38. The Bertz CT molecular complexity index is 520. The van der Waals surface area contributed by atoms with Crippen LogP contribution in [0.5, 0.6) is 5.88 Å². The van der Waals surface area contributed by atoms with E-state index in [1.165, 1.54) is 6.07 Å². The van der Waals surface area contributed by atoms with Crippen molar-refractivity contribution in [1.82, 2.24) is 15.6 Å². The third-order valence-corrected chi connectivity index (χ3v) is 3.71. The molecule has 2 heterocycles. The van der Waals surface area contributed by atoms with Crippen LogP contribution in [0, 0.1) is 5.92 Å². The molecule has 1 fully saturated rings. The van der Waals surface area contributed by atoms with E-state index in [1.807, 2.05) is 6.92 Å². The summed E-state index contributed by atoms with van der Waals surface area (Å²) < 4.78 is 42.4. The van der Waals surface area contributed by atoms with Gasteiger partial charge in [0, 0.05) is 24.2 Å². The van der Waals surface area contributed by atoms with Gasteiger partial charge in [-0.1, -0.05) is 0 Å². The molecule has 0 radical (unpaired) electrons. The maximum atomic E-state index is 12.4. The third-order valence-electron chi connectivity index (χ3n) is 3.71. The van der Waals surface area contributed by atoms with Crippen molar-refractivity contribution >= 4 is 5.91 Å². The molecule has 8 heteroatoms. The molecule has 0 unspecified atom stereocenters. The van der Waals surface area contributed by atoms with Crippen LogP contribution in [0.4, 0.5) is 13.2 Å². The number of pyridine rings is 1. The van der Waals surface area contributed by atoms with Crippen molar-refractivity contribution in [2.45, 2.75) is 32.0 Å². The Balaban J connectivity index is 1.70. The zero-order valence-electron chi connectivity index (χ0n) is 12.8. The highest BCUT2D eigenvalue weighted by Crippen LogP contribution is 2.29. The van der Waals surface area contributed by atoms with Gasteiger partial charge < -0.3 is 15.4 Å². The van der Waals surface area contributed by atoms with E-state index in [9.17, 15) is 18.0 Å². The van der Waals surface area contributed by atoms with Gasteiger partial charge in [-0.05, 0) is 32.4 Å².